The number of thioether (sulfide) groups is 1. The van der Waals surface area contributed by atoms with Crippen LogP contribution in [0.5, 0.6) is 0 Å². The number of rotatable bonds is 5. The molecule has 2 saturated heterocycles. The van der Waals surface area contributed by atoms with Gasteiger partial charge in [-0.15, -0.1) is 0 Å². The van der Waals surface area contributed by atoms with Crippen molar-refractivity contribution in [1.82, 2.24) is 21.1 Å². The summed E-state index contributed by atoms with van der Waals surface area (Å²) in [4.78, 5) is 36.2. The van der Waals surface area contributed by atoms with Gasteiger partial charge in [-0.2, -0.15) is 0 Å². The van der Waals surface area contributed by atoms with Gasteiger partial charge in [0.15, 0.2) is 0 Å². The van der Waals surface area contributed by atoms with Gasteiger partial charge in [0.1, 0.15) is 6.04 Å². The maximum atomic E-state index is 12.2. The predicted octanol–water partition coefficient (Wildman–Crippen LogP) is 0.406. The van der Waals surface area contributed by atoms with E-state index < -0.39 is 0 Å². The molecule has 2 fully saturated rings. The van der Waals surface area contributed by atoms with E-state index >= 15 is 0 Å². The van der Waals surface area contributed by atoms with Crippen molar-refractivity contribution in [3.8, 4) is 0 Å². The minimum Gasteiger partial charge on any atom is -0.353 e. The number of carbonyl (C=O) groups is 3. The number of nitrogens with one attached hydrogen (secondary N) is 3. The summed E-state index contributed by atoms with van der Waals surface area (Å²) >= 11 is 0.998. The molecule has 23 heavy (non-hydrogen) atoms. The van der Waals surface area contributed by atoms with E-state index in [1.807, 2.05) is 30.3 Å². The molecule has 2 heterocycles. The quantitative estimate of drug-likeness (QED) is 0.722. The number of hydrazine groups is 1. The minimum atomic E-state index is -0.334. The molecule has 0 aliphatic carbocycles. The topological polar surface area (TPSA) is 90.5 Å². The molecule has 0 spiro atoms. The third-order valence-corrected chi connectivity index (χ3v) is 4.76. The Morgan fingerprint density at radius 1 is 1.26 bits per heavy atom. The monoisotopic (exact) mass is 334 g/mol. The fourth-order valence-corrected chi connectivity index (χ4v) is 3.40. The van der Waals surface area contributed by atoms with Crippen LogP contribution in [0.3, 0.4) is 0 Å². The van der Waals surface area contributed by atoms with Crippen LogP contribution in [0.15, 0.2) is 30.3 Å². The summed E-state index contributed by atoms with van der Waals surface area (Å²) in [5.74, 6) is -0.138. The number of imide groups is 1. The zero-order valence-electron chi connectivity index (χ0n) is 12.5. The third kappa shape index (κ3) is 3.72. The molecular weight excluding hydrogens is 316 g/mol. The van der Waals surface area contributed by atoms with Crippen molar-refractivity contribution >= 4 is 28.8 Å². The summed E-state index contributed by atoms with van der Waals surface area (Å²) < 4.78 is 0. The van der Waals surface area contributed by atoms with Crippen LogP contribution in [-0.4, -0.2) is 46.8 Å². The second-order valence-corrected chi connectivity index (χ2v) is 6.36. The number of hydrogen-bond donors (Lipinski definition) is 3. The van der Waals surface area contributed by atoms with Crippen molar-refractivity contribution in [1.29, 1.82) is 0 Å². The Morgan fingerprint density at radius 2 is 2.04 bits per heavy atom. The van der Waals surface area contributed by atoms with E-state index in [4.69, 9.17) is 0 Å². The SMILES string of the molecule is O=C(NCCN1C(=O)CSC1=O)C1CC(c2ccccc2)NN1. The van der Waals surface area contributed by atoms with Gasteiger partial charge < -0.3 is 5.32 Å². The van der Waals surface area contributed by atoms with E-state index in [2.05, 4.69) is 16.2 Å². The molecule has 1 aromatic carbocycles. The van der Waals surface area contributed by atoms with Gasteiger partial charge in [0, 0.05) is 19.1 Å². The molecule has 0 bridgehead atoms. The highest BCUT2D eigenvalue weighted by molar-refractivity contribution is 8.14. The summed E-state index contributed by atoms with van der Waals surface area (Å²) in [6.07, 6.45) is 0.646. The summed E-state index contributed by atoms with van der Waals surface area (Å²) in [5.41, 5.74) is 7.23. The van der Waals surface area contributed by atoms with Gasteiger partial charge >= 0.3 is 0 Å². The number of amides is 3. The van der Waals surface area contributed by atoms with Gasteiger partial charge in [-0.25, -0.2) is 10.9 Å². The highest BCUT2D eigenvalue weighted by Crippen LogP contribution is 2.22. The molecule has 8 heteroatoms. The summed E-state index contributed by atoms with van der Waals surface area (Å²) in [5, 5.41) is 2.53. The first-order valence-corrected chi connectivity index (χ1v) is 8.44. The molecule has 2 aliphatic rings. The van der Waals surface area contributed by atoms with Gasteiger partial charge in [0.25, 0.3) is 5.24 Å². The fraction of sp³-hybridized carbons (Fsp3) is 0.400. The van der Waals surface area contributed by atoms with Gasteiger partial charge in [-0.1, -0.05) is 42.1 Å². The molecule has 2 unspecified atom stereocenters. The maximum Gasteiger partial charge on any atom is 0.288 e. The Labute approximate surface area is 138 Å². The van der Waals surface area contributed by atoms with Gasteiger partial charge in [0.2, 0.25) is 11.8 Å². The van der Waals surface area contributed by atoms with Crippen LogP contribution in [0.25, 0.3) is 0 Å². The van der Waals surface area contributed by atoms with E-state index in [1.165, 1.54) is 4.90 Å². The van der Waals surface area contributed by atoms with Crippen LogP contribution in [-0.2, 0) is 9.59 Å². The Bertz CT molecular complexity index is 594. The number of nitrogens with zero attached hydrogens (tertiary/aromatic N) is 1. The third-order valence-electron chi connectivity index (χ3n) is 3.90. The normalized spacial score (nSPS) is 24.3. The molecule has 2 atom stereocenters. The number of benzene rings is 1. The molecule has 122 valence electrons. The van der Waals surface area contributed by atoms with Crippen molar-refractivity contribution in [2.45, 2.75) is 18.5 Å². The second kappa shape index (κ2) is 7.12. The first-order chi connectivity index (χ1) is 11.1. The predicted molar refractivity (Wildman–Crippen MR) is 86.4 cm³/mol. The summed E-state index contributed by atoms with van der Waals surface area (Å²) in [6, 6.07) is 9.67. The lowest BCUT2D eigenvalue weighted by Gasteiger charge is -2.15. The number of hydrogen-bond acceptors (Lipinski definition) is 6. The van der Waals surface area contributed by atoms with E-state index in [9.17, 15) is 14.4 Å². The zero-order valence-corrected chi connectivity index (χ0v) is 13.3. The maximum absolute atomic E-state index is 12.2. The first-order valence-electron chi connectivity index (χ1n) is 7.46. The largest absolute Gasteiger partial charge is 0.353 e. The fourth-order valence-electron chi connectivity index (χ4n) is 2.64. The molecule has 0 saturated carbocycles. The van der Waals surface area contributed by atoms with Crippen LogP contribution < -0.4 is 16.2 Å². The van der Waals surface area contributed by atoms with E-state index in [-0.39, 0.29) is 48.0 Å². The highest BCUT2D eigenvalue weighted by Gasteiger charge is 2.31. The second-order valence-electron chi connectivity index (χ2n) is 5.43. The highest BCUT2D eigenvalue weighted by atomic mass is 32.2. The molecule has 2 aliphatic heterocycles. The molecule has 1 aromatic rings. The van der Waals surface area contributed by atoms with Crippen molar-refractivity contribution in [3.63, 3.8) is 0 Å². The van der Waals surface area contributed by atoms with E-state index in [0.717, 1.165) is 17.3 Å². The van der Waals surface area contributed by atoms with Crippen molar-refractivity contribution in [3.05, 3.63) is 35.9 Å². The van der Waals surface area contributed by atoms with Crippen LogP contribution in [0.1, 0.15) is 18.0 Å². The van der Waals surface area contributed by atoms with Gasteiger partial charge in [-0.05, 0) is 12.0 Å². The summed E-state index contributed by atoms with van der Waals surface area (Å²) in [7, 11) is 0. The van der Waals surface area contributed by atoms with Crippen molar-refractivity contribution in [2.75, 3.05) is 18.8 Å². The molecule has 0 aromatic heterocycles. The van der Waals surface area contributed by atoms with Crippen LogP contribution >= 0.6 is 11.8 Å². The molecule has 3 rings (SSSR count). The van der Waals surface area contributed by atoms with E-state index in [1.54, 1.807) is 0 Å². The zero-order chi connectivity index (χ0) is 16.2. The Hall–Kier alpha value is -1.90. The molecule has 0 radical (unpaired) electrons. The summed E-state index contributed by atoms with van der Waals surface area (Å²) in [6.45, 7) is 0.490. The van der Waals surface area contributed by atoms with Gasteiger partial charge in [0.05, 0.1) is 5.75 Å². The lowest BCUT2D eigenvalue weighted by molar-refractivity contribution is -0.126. The minimum absolute atomic E-state index is 0.0880. The average Bonchev–Trinajstić information content (AvgIpc) is 3.18. The Morgan fingerprint density at radius 3 is 2.74 bits per heavy atom. The smallest absolute Gasteiger partial charge is 0.288 e. The Kier molecular flexibility index (Phi) is 4.94. The first kappa shape index (κ1) is 16.0. The molecule has 7 nitrogen and oxygen atoms in total. The average molecular weight is 334 g/mol. The van der Waals surface area contributed by atoms with Crippen molar-refractivity contribution in [2.24, 2.45) is 0 Å². The molecule has 3 amide bonds. The lowest BCUT2D eigenvalue weighted by atomic mass is 10.0. The number of carbonyl (C=O) groups excluding carboxylic acids is 3. The lowest BCUT2D eigenvalue weighted by Crippen LogP contribution is -2.45. The van der Waals surface area contributed by atoms with Crippen LogP contribution in [0, 0.1) is 0 Å². The van der Waals surface area contributed by atoms with Crippen LogP contribution in [0.2, 0.25) is 0 Å². The molecular formula is C15H18N4O3S. The Balaban J connectivity index is 1.44. The van der Waals surface area contributed by atoms with Gasteiger partial charge in [-0.3, -0.25) is 19.3 Å². The van der Waals surface area contributed by atoms with Crippen molar-refractivity contribution < 1.29 is 14.4 Å². The van der Waals surface area contributed by atoms with Crippen LogP contribution in [0.4, 0.5) is 4.79 Å². The van der Waals surface area contributed by atoms with E-state index in [0.29, 0.717) is 6.42 Å². The standard InChI is InChI=1S/C15H18N4O3S/c20-13-9-23-15(22)19(13)7-6-16-14(21)12-8-11(17-18-12)10-4-2-1-3-5-10/h1-5,11-12,17-18H,6-9H2,(H,16,21). The molecule has 3 N–H and O–H groups in total.